The molecule has 1 aromatic heterocycles. The van der Waals surface area contributed by atoms with Crippen molar-refractivity contribution < 1.29 is 18.0 Å². The minimum absolute atomic E-state index is 0.173. The lowest BCUT2D eigenvalue weighted by atomic mass is 10.2. The third-order valence-corrected chi connectivity index (χ3v) is 2.54. The minimum Gasteiger partial charge on any atom is -0.317 e. The summed E-state index contributed by atoms with van der Waals surface area (Å²) in [5, 5.41) is 2.02. The molecule has 0 atom stereocenters. The highest BCUT2D eigenvalue weighted by Gasteiger charge is 2.17. The van der Waals surface area contributed by atoms with Gasteiger partial charge in [0.15, 0.2) is 11.6 Å². The van der Waals surface area contributed by atoms with E-state index in [4.69, 9.17) is 0 Å². The van der Waals surface area contributed by atoms with Gasteiger partial charge in [0, 0.05) is 6.20 Å². The van der Waals surface area contributed by atoms with Crippen LogP contribution in [-0.2, 0) is 0 Å². The van der Waals surface area contributed by atoms with E-state index in [1.807, 2.05) is 5.32 Å². The molecule has 0 aliphatic rings. The summed E-state index contributed by atoms with van der Waals surface area (Å²) in [6, 6.07) is 3.39. The Bertz CT molecular complexity index is 644. The summed E-state index contributed by atoms with van der Waals surface area (Å²) in [6.45, 7) is 1.43. The lowest BCUT2D eigenvalue weighted by Gasteiger charge is -2.09. The summed E-state index contributed by atoms with van der Waals surface area (Å²) in [5.74, 6) is -3.62. The first kappa shape index (κ1) is 13.1. The average molecular weight is 266 g/mol. The van der Waals surface area contributed by atoms with E-state index in [1.165, 1.54) is 19.2 Å². The first-order valence-electron chi connectivity index (χ1n) is 5.36. The van der Waals surface area contributed by atoms with Crippen molar-refractivity contribution in [1.29, 1.82) is 0 Å². The number of pyridine rings is 1. The second-order valence-corrected chi connectivity index (χ2v) is 3.86. The Morgan fingerprint density at radius 3 is 2.58 bits per heavy atom. The van der Waals surface area contributed by atoms with Crippen LogP contribution < -0.4 is 5.32 Å². The van der Waals surface area contributed by atoms with Gasteiger partial charge in [-0.2, -0.15) is 0 Å². The molecule has 0 saturated heterocycles. The predicted octanol–water partition coefficient (Wildman–Crippen LogP) is 3.06. The first-order valence-corrected chi connectivity index (χ1v) is 5.36. The molecule has 0 radical (unpaired) electrons. The molecule has 1 N–H and O–H groups in total. The second kappa shape index (κ2) is 5.09. The maximum absolute atomic E-state index is 13.7. The molecule has 0 bridgehead atoms. The van der Waals surface area contributed by atoms with E-state index in [1.54, 1.807) is 0 Å². The number of carbonyl (C=O) groups excluding carboxylic acids is 1. The predicted molar refractivity (Wildman–Crippen MR) is 63.2 cm³/mol. The fourth-order valence-electron chi connectivity index (χ4n) is 1.51. The molecular formula is C13H9F3N2O. The van der Waals surface area contributed by atoms with Gasteiger partial charge in [0.25, 0.3) is 5.91 Å². The van der Waals surface area contributed by atoms with Crippen LogP contribution in [0.4, 0.5) is 18.9 Å². The number of anilines is 1. The molecule has 2 rings (SSSR count). The average Bonchev–Trinajstić information content (AvgIpc) is 2.39. The number of amides is 1. The van der Waals surface area contributed by atoms with Gasteiger partial charge in [-0.1, -0.05) is 6.07 Å². The number of hydrogen-bond acceptors (Lipinski definition) is 2. The molecule has 1 heterocycles. The highest BCUT2D eigenvalue weighted by Crippen LogP contribution is 2.22. The van der Waals surface area contributed by atoms with Crippen molar-refractivity contribution in [1.82, 2.24) is 4.98 Å². The van der Waals surface area contributed by atoms with Crippen LogP contribution >= 0.6 is 0 Å². The highest BCUT2D eigenvalue weighted by molar-refractivity contribution is 6.04. The summed E-state index contributed by atoms with van der Waals surface area (Å²) in [5.41, 5.74) is -0.761. The topological polar surface area (TPSA) is 42.0 Å². The first-order chi connectivity index (χ1) is 9.00. The quantitative estimate of drug-likeness (QED) is 0.907. The molecule has 19 heavy (non-hydrogen) atoms. The van der Waals surface area contributed by atoms with Gasteiger partial charge < -0.3 is 5.32 Å². The molecule has 1 amide bonds. The third kappa shape index (κ3) is 2.57. The summed E-state index contributed by atoms with van der Waals surface area (Å²) in [7, 11) is 0. The minimum atomic E-state index is -0.941. The van der Waals surface area contributed by atoms with Crippen LogP contribution in [0.5, 0.6) is 0 Å². The van der Waals surface area contributed by atoms with Gasteiger partial charge in [0.2, 0.25) is 0 Å². The molecule has 0 fully saturated rings. The monoisotopic (exact) mass is 266 g/mol. The Kier molecular flexibility index (Phi) is 3.50. The van der Waals surface area contributed by atoms with E-state index in [2.05, 4.69) is 4.98 Å². The SMILES string of the molecule is Cc1ccc(F)c(NC(=O)c2ccncc2F)c1F. The Morgan fingerprint density at radius 1 is 1.16 bits per heavy atom. The normalized spacial score (nSPS) is 10.3. The van der Waals surface area contributed by atoms with E-state index in [-0.39, 0.29) is 11.1 Å². The van der Waals surface area contributed by atoms with E-state index >= 15 is 0 Å². The van der Waals surface area contributed by atoms with Crippen LogP contribution in [0.25, 0.3) is 0 Å². The van der Waals surface area contributed by atoms with Crippen molar-refractivity contribution in [3.63, 3.8) is 0 Å². The van der Waals surface area contributed by atoms with Gasteiger partial charge in [0.1, 0.15) is 11.5 Å². The van der Waals surface area contributed by atoms with Crippen molar-refractivity contribution in [2.75, 3.05) is 5.32 Å². The summed E-state index contributed by atoms with van der Waals surface area (Å²) in [4.78, 5) is 15.2. The molecule has 6 heteroatoms. The fourth-order valence-corrected chi connectivity index (χ4v) is 1.51. The van der Waals surface area contributed by atoms with Crippen LogP contribution in [0.1, 0.15) is 15.9 Å². The lowest BCUT2D eigenvalue weighted by Crippen LogP contribution is -2.16. The van der Waals surface area contributed by atoms with Gasteiger partial charge >= 0.3 is 0 Å². The van der Waals surface area contributed by atoms with Gasteiger partial charge in [-0.05, 0) is 24.6 Å². The Morgan fingerprint density at radius 2 is 1.89 bits per heavy atom. The number of halogens is 3. The number of aryl methyl sites for hydroxylation is 1. The van der Waals surface area contributed by atoms with Crippen LogP contribution in [0.3, 0.4) is 0 Å². The van der Waals surface area contributed by atoms with Gasteiger partial charge in [-0.3, -0.25) is 9.78 Å². The number of carbonyl (C=O) groups is 1. The lowest BCUT2D eigenvalue weighted by molar-refractivity contribution is 0.102. The summed E-state index contributed by atoms with van der Waals surface area (Å²) in [6.07, 6.45) is 2.05. The molecule has 1 aromatic carbocycles. The molecule has 2 aromatic rings. The van der Waals surface area contributed by atoms with Gasteiger partial charge in [-0.25, -0.2) is 13.2 Å². The van der Waals surface area contributed by atoms with Crippen molar-refractivity contribution >= 4 is 11.6 Å². The molecule has 0 spiro atoms. The number of nitrogens with zero attached hydrogens (tertiary/aromatic N) is 1. The molecule has 0 saturated carbocycles. The Labute approximate surface area is 107 Å². The number of benzene rings is 1. The van der Waals surface area contributed by atoms with Crippen molar-refractivity contribution in [3.05, 3.63) is 59.2 Å². The molecule has 0 aliphatic heterocycles. The van der Waals surface area contributed by atoms with Crippen LogP contribution in [0, 0.1) is 24.4 Å². The smallest absolute Gasteiger partial charge is 0.258 e. The third-order valence-electron chi connectivity index (χ3n) is 2.54. The second-order valence-electron chi connectivity index (χ2n) is 3.86. The number of nitrogens with one attached hydrogen (secondary N) is 1. The largest absolute Gasteiger partial charge is 0.317 e. The molecule has 0 aliphatic carbocycles. The molecular weight excluding hydrogens is 257 g/mol. The molecule has 3 nitrogen and oxygen atoms in total. The van der Waals surface area contributed by atoms with E-state index in [0.717, 1.165) is 18.3 Å². The van der Waals surface area contributed by atoms with Gasteiger partial charge in [-0.15, -0.1) is 0 Å². The molecule has 0 unspecified atom stereocenters. The van der Waals surface area contributed by atoms with E-state index < -0.39 is 29.0 Å². The van der Waals surface area contributed by atoms with Gasteiger partial charge in [0.05, 0.1) is 11.8 Å². The van der Waals surface area contributed by atoms with E-state index in [0.29, 0.717) is 0 Å². The van der Waals surface area contributed by atoms with Crippen LogP contribution in [0.2, 0.25) is 0 Å². The van der Waals surface area contributed by atoms with Crippen LogP contribution in [-0.4, -0.2) is 10.9 Å². The number of aromatic nitrogens is 1. The zero-order valence-corrected chi connectivity index (χ0v) is 9.88. The summed E-state index contributed by atoms with van der Waals surface area (Å²) >= 11 is 0. The summed E-state index contributed by atoms with van der Waals surface area (Å²) < 4.78 is 40.4. The number of hydrogen-bond donors (Lipinski definition) is 1. The van der Waals surface area contributed by atoms with Crippen molar-refractivity contribution in [2.24, 2.45) is 0 Å². The zero-order valence-electron chi connectivity index (χ0n) is 9.88. The Balaban J connectivity index is 2.35. The fraction of sp³-hybridized carbons (Fsp3) is 0.0769. The molecule has 98 valence electrons. The maximum atomic E-state index is 13.7. The standard InChI is InChI=1S/C13H9F3N2O/c1-7-2-3-9(14)12(11(7)16)18-13(19)8-4-5-17-6-10(8)15/h2-6H,1H3,(H,18,19). The van der Waals surface area contributed by atoms with Crippen LogP contribution in [0.15, 0.2) is 30.6 Å². The van der Waals surface area contributed by atoms with E-state index in [9.17, 15) is 18.0 Å². The maximum Gasteiger partial charge on any atom is 0.258 e. The number of rotatable bonds is 2. The Hall–Kier alpha value is -2.37. The van der Waals surface area contributed by atoms with Crippen molar-refractivity contribution in [3.8, 4) is 0 Å². The highest BCUT2D eigenvalue weighted by atomic mass is 19.1. The van der Waals surface area contributed by atoms with Crippen molar-refractivity contribution in [2.45, 2.75) is 6.92 Å². The zero-order chi connectivity index (χ0) is 14.0.